The number of anilines is 2. The van der Waals surface area contributed by atoms with Gasteiger partial charge in [-0.05, 0) is 30.7 Å². The van der Waals surface area contributed by atoms with Crippen LogP contribution in [0.25, 0.3) is 0 Å². The molecule has 0 saturated carbocycles. The maximum Gasteiger partial charge on any atom is 0.258 e. The van der Waals surface area contributed by atoms with E-state index in [1.807, 2.05) is 25.1 Å². The van der Waals surface area contributed by atoms with E-state index in [1.54, 1.807) is 24.3 Å². The second-order valence-electron chi connectivity index (χ2n) is 5.60. The maximum absolute atomic E-state index is 12.2. The molecule has 3 rings (SSSR count). The first-order valence-corrected chi connectivity index (χ1v) is 8.16. The van der Waals surface area contributed by atoms with Gasteiger partial charge in [-0.25, -0.2) is 9.97 Å². The fourth-order valence-corrected chi connectivity index (χ4v) is 2.50. The minimum atomic E-state index is -0.285. The molecule has 2 N–H and O–H groups in total. The van der Waals surface area contributed by atoms with Gasteiger partial charge in [-0.2, -0.15) is 0 Å². The van der Waals surface area contributed by atoms with Crippen molar-refractivity contribution in [2.75, 3.05) is 10.6 Å². The lowest BCUT2D eigenvalue weighted by Crippen LogP contribution is -2.13. The summed E-state index contributed by atoms with van der Waals surface area (Å²) in [6.07, 6.45) is 2.98. The van der Waals surface area contributed by atoms with Crippen LogP contribution in [-0.2, 0) is 6.54 Å². The molecule has 0 atom stereocenters. The number of hydrogen-bond donors (Lipinski definition) is 2. The van der Waals surface area contributed by atoms with Crippen molar-refractivity contribution < 1.29 is 4.79 Å². The van der Waals surface area contributed by atoms with E-state index in [1.165, 1.54) is 18.0 Å². The van der Waals surface area contributed by atoms with Crippen molar-refractivity contribution in [1.82, 2.24) is 9.97 Å². The van der Waals surface area contributed by atoms with E-state index in [0.717, 1.165) is 5.56 Å². The molecule has 6 heteroatoms. The van der Waals surface area contributed by atoms with Crippen LogP contribution in [0.5, 0.6) is 0 Å². The highest BCUT2D eigenvalue weighted by Crippen LogP contribution is 2.16. The van der Waals surface area contributed by atoms with E-state index in [2.05, 4.69) is 26.7 Å². The highest BCUT2D eigenvalue weighted by atomic mass is 35.5. The fourth-order valence-electron chi connectivity index (χ4n) is 2.31. The Morgan fingerprint density at radius 3 is 2.56 bits per heavy atom. The van der Waals surface area contributed by atoms with Crippen LogP contribution in [-0.4, -0.2) is 15.9 Å². The smallest absolute Gasteiger partial charge is 0.258 e. The molecule has 0 saturated heterocycles. The van der Waals surface area contributed by atoms with Crippen molar-refractivity contribution in [3.8, 4) is 0 Å². The average molecular weight is 353 g/mol. The van der Waals surface area contributed by atoms with E-state index < -0.39 is 0 Å². The Hall–Kier alpha value is -2.92. The number of benzene rings is 2. The summed E-state index contributed by atoms with van der Waals surface area (Å²) in [7, 11) is 0. The number of aromatic nitrogens is 2. The average Bonchev–Trinajstić information content (AvgIpc) is 2.60. The Kier molecular flexibility index (Phi) is 5.26. The molecule has 0 radical (unpaired) electrons. The van der Waals surface area contributed by atoms with E-state index in [0.29, 0.717) is 28.8 Å². The number of nitrogens with zero attached hydrogens (tertiary/aromatic N) is 2. The topological polar surface area (TPSA) is 66.9 Å². The van der Waals surface area contributed by atoms with Crippen LogP contribution in [0.15, 0.2) is 60.9 Å². The zero-order valence-corrected chi connectivity index (χ0v) is 14.4. The summed E-state index contributed by atoms with van der Waals surface area (Å²) in [6, 6.07) is 15.2. The molecule has 25 heavy (non-hydrogen) atoms. The Labute approximate surface area is 151 Å². The lowest BCUT2D eigenvalue weighted by Gasteiger charge is -2.07. The molecule has 5 nitrogen and oxygen atoms in total. The van der Waals surface area contributed by atoms with Gasteiger partial charge >= 0.3 is 0 Å². The van der Waals surface area contributed by atoms with E-state index >= 15 is 0 Å². The summed E-state index contributed by atoms with van der Waals surface area (Å²) < 4.78 is 0. The van der Waals surface area contributed by atoms with Crippen molar-refractivity contribution in [3.63, 3.8) is 0 Å². The van der Waals surface area contributed by atoms with Crippen LogP contribution < -0.4 is 10.6 Å². The minimum absolute atomic E-state index is 0.285. The predicted molar refractivity (Wildman–Crippen MR) is 99.9 cm³/mol. The van der Waals surface area contributed by atoms with Crippen molar-refractivity contribution in [2.24, 2.45) is 0 Å². The summed E-state index contributed by atoms with van der Waals surface area (Å²) in [6.45, 7) is 2.67. The highest BCUT2D eigenvalue weighted by molar-refractivity contribution is 6.30. The molecule has 3 aromatic rings. The first kappa shape index (κ1) is 16.9. The standard InChI is InChI=1S/C19H17ClN4O/c1-13-4-2-5-14(8-13)10-21-19-22-11-15(12-23-19)18(25)24-17-7-3-6-16(20)9-17/h2-9,11-12H,10H2,1H3,(H,24,25)(H,21,22,23). The summed E-state index contributed by atoms with van der Waals surface area (Å²) in [4.78, 5) is 20.6. The van der Waals surface area contributed by atoms with Crippen molar-refractivity contribution in [2.45, 2.75) is 13.5 Å². The molecule has 1 heterocycles. The van der Waals surface area contributed by atoms with Crippen LogP contribution in [0.2, 0.25) is 5.02 Å². The Bertz CT molecular complexity index is 881. The molecule has 1 aromatic heterocycles. The second-order valence-corrected chi connectivity index (χ2v) is 6.04. The lowest BCUT2D eigenvalue weighted by molar-refractivity contribution is 0.102. The number of halogens is 1. The SMILES string of the molecule is Cc1cccc(CNc2ncc(C(=O)Nc3cccc(Cl)c3)cn2)c1. The fraction of sp³-hybridized carbons (Fsp3) is 0.105. The first-order chi connectivity index (χ1) is 12.1. The van der Waals surface area contributed by atoms with Crippen molar-refractivity contribution in [3.05, 3.63) is 82.6 Å². The molecule has 0 fully saturated rings. The number of amides is 1. The summed E-state index contributed by atoms with van der Waals surface area (Å²) in [5.74, 6) is 0.188. The van der Waals surface area contributed by atoms with Gasteiger partial charge in [0.25, 0.3) is 5.91 Å². The van der Waals surface area contributed by atoms with Crippen LogP contribution in [0.3, 0.4) is 0 Å². The number of carbonyl (C=O) groups excluding carboxylic acids is 1. The summed E-state index contributed by atoms with van der Waals surface area (Å²) in [5.41, 5.74) is 3.35. The molecule has 0 aliphatic rings. The molecule has 0 unspecified atom stereocenters. The van der Waals surface area contributed by atoms with Crippen molar-refractivity contribution >= 4 is 29.1 Å². The van der Waals surface area contributed by atoms with Gasteiger partial charge < -0.3 is 10.6 Å². The number of aryl methyl sites for hydroxylation is 1. The van der Waals surface area contributed by atoms with E-state index in [-0.39, 0.29) is 5.91 Å². The number of rotatable bonds is 5. The molecule has 0 aliphatic heterocycles. The van der Waals surface area contributed by atoms with Crippen LogP contribution >= 0.6 is 11.6 Å². The third-order valence-electron chi connectivity index (χ3n) is 3.53. The normalized spacial score (nSPS) is 10.3. The quantitative estimate of drug-likeness (QED) is 0.718. The van der Waals surface area contributed by atoms with Crippen LogP contribution in [0.4, 0.5) is 11.6 Å². The Morgan fingerprint density at radius 1 is 1.08 bits per heavy atom. The van der Waals surface area contributed by atoms with Crippen LogP contribution in [0, 0.1) is 6.92 Å². The van der Waals surface area contributed by atoms with Gasteiger partial charge in [-0.15, -0.1) is 0 Å². The van der Waals surface area contributed by atoms with Gasteiger partial charge in [0.05, 0.1) is 5.56 Å². The van der Waals surface area contributed by atoms with Gasteiger partial charge in [-0.1, -0.05) is 47.5 Å². The van der Waals surface area contributed by atoms with Gasteiger partial charge in [0.1, 0.15) is 0 Å². The second kappa shape index (κ2) is 7.77. The molecular weight excluding hydrogens is 336 g/mol. The molecule has 2 aromatic carbocycles. The first-order valence-electron chi connectivity index (χ1n) is 7.78. The number of nitrogens with one attached hydrogen (secondary N) is 2. The third-order valence-corrected chi connectivity index (χ3v) is 3.76. The number of hydrogen-bond acceptors (Lipinski definition) is 4. The largest absolute Gasteiger partial charge is 0.350 e. The highest BCUT2D eigenvalue weighted by Gasteiger charge is 2.08. The number of carbonyl (C=O) groups is 1. The molecular formula is C19H17ClN4O. The van der Waals surface area contributed by atoms with Gasteiger partial charge in [-0.3, -0.25) is 4.79 Å². The Morgan fingerprint density at radius 2 is 1.84 bits per heavy atom. The maximum atomic E-state index is 12.2. The van der Waals surface area contributed by atoms with Crippen LogP contribution in [0.1, 0.15) is 21.5 Å². The molecule has 0 aliphatic carbocycles. The molecule has 0 spiro atoms. The predicted octanol–water partition coefficient (Wildman–Crippen LogP) is 4.30. The molecule has 0 bridgehead atoms. The zero-order valence-electron chi connectivity index (χ0n) is 13.7. The minimum Gasteiger partial charge on any atom is -0.350 e. The monoisotopic (exact) mass is 352 g/mol. The van der Waals surface area contributed by atoms with Gasteiger partial charge in [0.15, 0.2) is 0 Å². The molecule has 1 amide bonds. The van der Waals surface area contributed by atoms with E-state index in [9.17, 15) is 4.79 Å². The Balaban J connectivity index is 1.60. The van der Waals surface area contributed by atoms with E-state index in [4.69, 9.17) is 11.6 Å². The third kappa shape index (κ3) is 4.78. The summed E-state index contributed by atoms with van der Waals surface area (Å²) in [5, 5.41) is 6.46. The van der Waals surface area contributed by atoms with Crippen molar-refractivity contribution in [1.29, 1.82) is 0 Å². The summed E-state index contributed by atoms with van der Waals surface area (Å²) >= 11 is 5.91. The molecule has 126 valence electrons. The zero-order chi connectivity index (χ0) is 17.6. The van der Waals surface area contributed by atoms with Gasteiger partial charge in [0, 0.05) is 29.6 Å². The van der Waals surface area contributed by atoms with Gasteiger partial charge in [0.2, 0.25) is 5.95 Å². The lowest BCUT2D eigenvalue weighted by atomic mass is 10.1.